The van der Waals surface area contributed by atoms with Crippen molar-refractivity contribution in [2.75, 3.05) is 44.9 Å². The van der Waals surface area contributed by atoms with E-state index < -0.39 is 5.82 Å². The Morgan fingerprint density at radius 2 is 1.94 bits per heavy atom. The molecule has 1 radical (unpaired) electrons. The monoisotopic (exact) mass is 454 g/mol. The standard InChI is InChI=1S/C26H33FN3O3/c1-6-31-21-14-18-15-30(26(28)22(18)23(27)25(21)32-7-2)9-8-17-12-19(16(3)4)24-20(13-17)29(5)10-11-33-24/h8,12-14,16,28H,6-7,9-11,15H2,1-5H3. The molecule has 1 N–H and O–H groups in total. The van der Waals surface area contributed by atoms with E-state index >= 15 is 4.39 Å². The average Bonchev–Trinajstić information content (AvgIpc) is 3.10. The molecule has 177 valence electrons. The second-order valence-corrected chi connectivity index (χ2v) is 8.73. The maximum Gasteiger partial charge on any atom is 0.197 e. The van der Waals surface area contributed by atoms with E-state index in [1.807, 2.05) is 17.9 Å². The molecule has 2 aliphatic rings. The third-order valence-electron chi connectivity index (χ3n) is 6.15. The highest BCUT2D eigenvalue weighted by Gasteiger charge is 2.32. The van der Waals surface area contributed by atoms with Gasteiger partial charge in [0.15, 0.2) is 17.3 Å². The number of amidine groups is 1. The van der Waals surface area contributed by atoms with Crippen LogP contribution in [0.3, 0.4) is 0 Å². The van der Waals surface area contributed by atoms with Crippen molar-refractivity contribution in [2.24, 2.45) is 0 Å². The molecule has 0 unspecified atom stereocenters. The van der Waals surface area contributed by atoms with Crippen molar-refractivity contribution >= 4 is 11.5 Å². The van der Waals surface area contributed by atoms with Gasteiger partial charge in [-0.3, -0.25) is 5.41 Å². The Balaban J connectivity index is 1.57. The fraction of sp³-hybridized carbons (Fsp3) is 0.462. The largest absolute Gasteiger partial charge is 0.490 e. The number of ether oxygens (including phenoxy) is 3. The molecule has 0 saturated carbocycles. The van der Waals surface area contributed by atoms with Crippen molar-refractivity contribution in [3.63, 3.8) is 0 Å². The third kappa shape index (κ3) is 4.33. The number of anilines is 1. The van der Waals surface area contributed by atoms with Gasteiger partial charge in [0.05, 0.1) is 31.0 Å². The van der Waals surface area contributed by atoms with Crippen LogP contribution in [0.2, 0.25) is 0 Å². The zero-order valence-electron chi connectivity index (χ0n) is 20.1. The Hall–Kier alpha value is -2.96. The van der Waals surface area contributed by atoms with Gasteiger partial charge in [-0.15, -0.1) is 0 Å². The zero-order chi connectivity index (χ0) is 23.7. The number of halogens is 1. The van der Waals surface area contributed by atoms with Crippen molar-refractivity contribution < 1.29 is 18.6 Å². The third-order valence-corrected chi connectivity index (χ3v) is 6.15. The molecule has 0 spiro atoms. The summed E-state index contributed by atoms with van der Waals surface area (Å²) >= 11 is 0. The van der Waals surface area contributed by atoms with Gasteiger partial charge < -0.3 is 24.0 Å². The highest BCUT2D eigenvalue weighted by Crippen LogP contribution is 2.41. The Bertz CT molecular complexity index is 1040. The van der Waals surface area contributed by atoms with Crippen LogP contribution in [0.4, 0.5) is 10.1 Å². The summed E-state index contributed by atoms with van der Waals surface area (Å²) in [7, 11) is 2.08. The van der Waals surface area contributed by atoms with Crippen molar-refractivity contribution in [3.05, 3.63) is 52.7 Å². The molecule has 33 heavy (non-hydrogen) atoms. The van der Waals surface area contributed by atoms with Crippen molar-refractivity contribution in [1.82, 2.24) is 4.90 Å². The van der Waals surface area contributed by atoms with Crippen LogP contribution >= 0.6 is 0 Å². The highest BCUT2D eigenvalue weighted by molar-refractivity contribution is 6.01. The van der Waals surface area contributed by atoms with Gasteiger partial charge in [0.2, 0.25) is 0 Å². The van der Waals surface area contributed by atoms with Gasteiger partial charge in [-0.2, -0.15) is 0 Å². The van der Waals surface area contributed by atoms with Gasteiger partial charge in [0.1, 0.15) is 18.2 Å². The molecule has 2 aliphatic heterocycles. The first-order chi connectivity index (χ1) is 15.8. The Morgan fingerprint density at radius 1 is 1.18 bits per heavy atom. The van der Waals surface area contributed by atoms with E-state index in [1.165, 1.54) is 5.56 Å². The lowest BCUT2D eigenvalue weighted by molar-refractivity contribution is 0.275. The van der Waals surface area contributed by atoms with Crippen LogP contribution in [0.25, 0.3) is 0 Å². The SMILES string of the molecule is CCOc1cc2c(c(F)c1OCC)C(=N)N(C[CH]c1cc(C(C)C)c3c(c1)N(C)CCO3)C2. The number of rotatable bonds is 8. The van der Waals surface area contributed by atoms with Gasteiger partial charge in [0.25, 0.3) is 0 Å². The first kappa shape index (κ1) is 23.2. The summed E-state index contributed by atoms with van der Waals surface area (Å²) in [5, 5.41) is 8.63. The van der Waals surface area contributed by atoms with Crippen LogP contribution in [0.1, 0.15) is 55.9 Å². The van der Waals surface area contributed by atoms with Crippen LogP contribution in [0, 0.1) is 17.6 Å². The molecule has 0 fully saturated rings. The summed E-state index contributed by atoms with van der Waals surface area (Å²) < 4.78 is 32.4. The smallest absolute Gasteiger partial charge is 0.197 e. The molecule has 0 saturated heterocycles. The highest BCUT2D eigenvalue weighted by atomic mass is 19.1. The normalized spacial score (nSPS) is 14.9. The summed E-state index contributed by atoms with van der Waals surface area (Å²) in [6, 6.07) is 6.11. The van der Waals surface area contributed by atoms with E-state index in [1.54, 1.807) is 6.92 Å². The first-order valence-electron chi connectivity index (χ1n) is 11.7. The van der Waals surface area contributed by atoms with Crippen LogP contribution in [0.15, 0.2) is 18.2 Å². The number of likely N-dealkylation sites (N-methyl/N-ethyl adjacent to an activating group) is 1. The van der Waals surface area contributed by atoms with Gasteiger partial charge >= 0.3 is 0 Å². The fourth-order valence-electron chi connectivity index (χ4n) is 4.45. The first-order valence-corrected chi connectivity index (χ1v) is 11.7. The maximum atomic E-state index is 15.3. The van der Waals surface area contributed by atoms with Gasteiger partial charge in [-0.05, 0) is 48.6 Å². The van der Waals surface area contributed by atoms with E-state index in [9.17, 15) is 0 Å². The van der Waals surface area contributed by atoms with Crippen LogP contribution in [0.5, 0.6) is 17.2 Å². The maximum absolute atomic E-state index is 15.3. The predicted molar refractivity (Wildman–Crippen MR) is 129 cm³/mol. The quantitative estimate of drug-likeness (QED) is 0.610. The van der Waals surface area contributed by atoms with Crippen LogP contribution in [-0.4, -0.2) is 50.7 Å². The second-order valence-electron chi connectivity index (χ2n) is 8.73. The average molecular weight is 455 g/mol. The van der Waals surface area contributed by atoms with Crippen molar-refractivity contribution in [1.29, 1.82) is 5.41 Å². The summed E-state index contributed by atoms with van der Waals surface area (Å²) in [6.07, 6.45) is 2.10. The number of benzene rings is 2. The molecular weight excluding hydrogens is 421 g/mol. The summed E-state index contributed by atoms with van der Waals surface area (Å²) in [5.74, 6) is 1.44. The van der Waals surface area contributed by atoms with E-state index in [-0.39, 0.29) is 11.6 Å². The number of nitrogens with one attached hydrogen (secondary N) is 1. The van der Waals surface area contributed by atoms with Gasteiger partial charge in [-0.25, -0.2) is 4.39 Å². The summed E-state index contributed by atoms with van der Waals surface area (Å²) in [5.41, 5.74) is 4.39. The Morgan fingerprint density at radius 3 is 2.64 bits per heavy atom. The van der Waals surface area contributed by atoms with Crippen molar-refractivity contribution in [3.8, 4) is 17.2 Å². The summed E-state index contributed by atoms with van der Waals surface area (Å²) in [6.45, 7) is 11.2. The molecule has 0 atom stereocenters. The van der Waals surface area contributed by atoms with Gasteiger partial charge in [-0.1, -0.05) is 19.9 Å². The fourth-order valence-corrected chi connectivity index (χ4v) is 4.45. The van der Waals surface area contributed by atoms with Crippen LogP contribution in [-0.2, 0) is 6.54 Å². The molecule has 7 heteroatoms. The van der Waals surface area contributed by atoms with Crippen molar-refractivity contribution in [2.45, 2.75) is 40.2 Å². The lowest BCUT2D eigenvalue weighted by Crippen LogP contribution is -2.30. The molecule has 0 aliphatic carbocycles. The molecule has 0 bridgehead atoms. The lowest BCUT2D eigenvalue weighted by atomic mass is 9.96. The predicted octanol–water partition coefficient (Wildman–Crippen LogP) is 4.97. The second kappa shape index (κ2) is 9.49. The molecule has 2 aromatic carbocycles. The molecule has 2 heterocycles. The number of fused-ring (bicyclic) bond motifs is 2. The molecule has 4 rings (SSSR count). The molecule has 6 nitrogen and oxygen atoms in total. The van der Waals surface area contributed by atoms with E-state index in [0.29, 0.717) is 50.1 Å². The minimum absolute atomic E-state index is 0.0907. The topological polar surface area (TPSA) is 58.0 Å². The van der Waals surface area contributed by atoms with E-state index in [2.05, 4.69) is 44.3 Å². The number of hydrogen-bond acceptors (Lipinski definition) is 5. The minimum Gasteiger partial charge on any atom is -0.490 e. The molecule has 0 aromatic heterocycles. The summed E-state index contributed by atoms with van der Waals surface area (Å²) in [4.78, 5) is 4.09. The van der Waals surface area contributed by atoms with E-state index in [4.69, 9.17) is 19.6 Å². The molecule has 0 amide bonds. The Labute approximate surface area is 195 Å². The molecular formula is C26H33FN3O3. The van der Waals surface area contributed by atoms with Crippen LogP contribution < -0.4 is 19.1 Å². The number of hydrogen-bond donors (Lipinski definition) is 1. The number of nitrogens with zero attached hydrogens (tertiary/aromatic N) is 2. The van der Waals surface area contributed by atoms with E-state index in [0.717, 1.165) is 29.1 Å². The molecule has 2 aromatic rings. The van der Waals surface area contributed by atoms with Gasteiger partial charge in [0, 0.05) is 26.6 Å². The lowest BCUT2D eigenvalue weighted by Gasteiger charge is -2.31. The Kier molecular flexibility index (Phi) is 6.68. The zero-order valence-corrected chi connectivity index (χ0v) is 20.1. The minimum atomic E-state index is -0.514.